The van der Waals surface area contributed by atoms with E-state index in [0.717, 1.165) is 12.1 Å². The first-order valence-corrected chi connectivity index (χ1v) is 5.41. The van der Waals surface area contributed by atoms with Gasteiger partial charge < -0.3 is 11.5 Å². The molecule has 3 heteroatoms. The summed E-state index contributed by atoms with van der Waals surface area (Å²) < 4.78 is 0. The van der Waals surface area contributed by atoms with Gasteiger partial charge in [-0.15, -0.1) is 0 Å². The van der Waals surface area contributed by atoms with Crippen LogP contribution in [0.15, 0.2) is 29.3 Å². The molecule has 0 aliphatic rings. The van der Waals surface area contributed by atoms with E-state index in [9.17, 15) is 0 Å². The zero-order chi connectivity index (χ0) is 11.1. The minimum Gasteiger partial charge on any atom is -0.370 e. The summed E-state index contributed by atoms with van der Waals surface area (Å²) in [6.45, 7) is 2.21. The lowest BCUT2D eigenvalue weighted by molar-refractivity contribution is 0.717. The summed E-state index contributed by atoms with van der Waals surface area (Å²) in [6.07, 6.45) is 4.93. The Morgan fingerprint density at radius 3 is 2.33 bits per heavy atom. The van der Waals surface area contributed by atoms with Crippen molar-refractivity contribution in [1.82, 2.24) is 0 Å². The Hall–Kier alpha value is -1.51. The molecule has 0 heterocycles. The number of nitrogens with two attached hydrogens (primary N) is 2. The Labute approximate surface area is 91.2 Å². The zero-order valence-electron chi connectivity index (χ0n) is 9.24. The van der Waals surface area contributed by atoms with Crippen LogP contribution in [0.4, 0.5) is 5.69 Å². The van der Waals surface area contributed by atoms with Gasteiger partial charge in [0.25, 0.3) is 0 Å². The quantitative estimate of drug-likeness (QED) is 0.440. The fourth-order valence-electron chi connectivity index (χ4n) is 1.47. The van der Waals surface area contributed by atoms with Crippen LogP contribution >= 0.6 is 0 Å². The lowest BCUT2D eigenvalue weighted by Gasteiger charge is -2.01. The number of benzene rings is 1. The van der Waals surface area contributed by atoms with Crippen molar-refractivity contribution in [3.8, 4) is 0 Å². The zero-order valence-corrected chi connectivity index (χ0v) is 9.24. The summed E-state index contributed by atoms with van der Waals surface area (Å²) in [4.78, 5) is 3.97. The van der Waals surface area contributed by atoms with Gasteiger partial charge in [-0.2, -0.15) is 0 Å². The van der Waals surface area contributed by atoms with Crippen LogP contribution in [-0.2, 0) is 6.42 Å². The normalized spacial score (nSPS) is 9.93. The third kappa shape index (κ3) is 4.49. The Balaban J connectivity index is 2.53. The predicted octanol–water partition coefficient (Wildman–Crippen LogP) is 2.32. The first-order valence-electron chi connectivity index (χ1n) is 5.41. The fourth-order valence-corrected chi connectivity index (χ4v) is 1.47. The van der Waals surface area contributed by atoms with Crippen LogP contribution in [0.3, 0.4) is 0 Å². The molecule has 0 amide bonds. The van der Waals surface area contributed by atoms with Gasteiger partial charge in [-0.1, -0.05) is 31.9 Å². The topological polar surface area (TPSA) is 64.4 Å². The van der Waals surface area contributed by atoms with E-state index in [-0.39, 0.29) is 5.96 Å². The van der Waals surface area contributed by atoms with E-state index in [1.807, 2.05) is 12.1 Å². The molecule has 82 valence electrons. The van der Waals surface area contributed by atoms with Crippen molar-refractivity contribution in [3.63, 3.8) is 0 Å². The van der Waals surface area contributed by atoms with Crippen LogP contribution in [-0.4, -0.2) is 5.96 Å². The molecule has 0 fully saturated rings. The summed E-state index contributed by atoms with van der Waals surface area (Å²) >= 11 is 0. The van der Waals surface area contributed by atoms with E-state index in [1.54, 1.807) is 0 Å². The van der Waals surface area contributed by atoms with Gasteiger partial charge in [0.05, 0.1) is 5.69 Å². The van der Waals surface area contributed by atoms with Crippen molar-refractivity contribution < 1.29 is 0 Å². The summed E-state index contributed by atoms with van der Waals surface area (Å²) in [5, 5.41) is 0. The third-order valence-corrected chi connectivity index (χ3v) is 2.26. The lowest BCUT2D eigenvalue weighted by atomic mass is 10.1. The van der Waals surface area contributed by atoms with Crippen molar-refractivity contribution in [2.45, 2.75) is 32.6 Å². The van der Waals surface area contributed by atoms with Crippen molar-refractivity contribution in [1.29, 1.82) is 0 Å². The molecule has 1 rings (SSSR count). The first kappa shape index (κ1) is 11.6. The molecule has 0 bridgehead atoms. The average molecular weight is 205 g/mol. The average Bonchev–Trinajstić information content (AvgIpc) is 2.20. The highest BCUT2D eigenvalue weighted by Gasteiger charge is 1.94. The number of hydrogen-bond acceptors (Lipinski definition) is 1. The molecule has 4 N–H and O–H groups in total. The Morgan fingerprint density at radius 2 is 1.80 bits per heavy atom. The number of nitrogens with zero attached hydrogens (tertiary/aromatic N) is 1. The molecule has 0 saturated heterocycles. The van der Waals surface area contributed by atoms with Crippen molar-refractivity contribution in [2.24, 2.45) is 16.5 Å². The number of hydrogen-bond donors (Lipinski definition) is 2. The molecule has 0 radical (unpaired) electrons. The second kappa shape index (κ2) is 6.06. The molecule has 0 saturated carbocycles. The molecule has 0 spiro atoms. The van der Waals surface area contributed by atoms with E-state index in [1.165, 1.54) is 24.8 Å². The third-order valence-electron chi connectivity index (χ3n) is 2.26. The molecule has 1 aromatic carbocycles. The number of aliphatic imine (C=N–C) groups is 1. The summed E-state index contributed by atoms with van der Waals surface area (Å²) in [5.74, 6) is 0.105. The lowest BCUT2D eigenvalue weighted by Crippen LogP contribution is -2.21. The molecular weight excluding hydrogens is 186 g/mol. The van der Waals surface area contributed by atoms with Crippen molar-refractivity contribution in [3.05, 3.63) is 29.8 Å². The van der Waals surface area contributed by atoms with Gasteiger partial charge in [0.15, 0.2) is 5.96 Å². The minimum absolute atomic E-state index is 0.105. The van der Waals surface area contributed by atoms with E-state index >= 15 is 0 Å². The van der Waals surface area contributed by atoms with E-state index in [2.05, 4.69) is 24.0 Å². The number of aryl methyl sites for hydroxylation is 1. The molecule has 0 aliphatic carbocycles. The van der Waals surface area contributed by atoms with Gasteiger partial charge in [-0.05, 0) is 30.5 Å². The molecule has 1 aromatic rings. The Morgan fingerprint density at radius 1 is 1.13 bits per heavy atom. The standard InChI is InChI=1S/C12H19N3/c1-2-3-4-5-10-6-8-11(9-7-10)15-12(13)14/h6-9H,2-5H2,1H3,(H4,13,14,15). The largest absolute Gasteiger partial charge is 0.370 e. The maximum absolute atomic E-state index is 5.29. The summed E-state index contributed by atoms with van der Waals surface area (Å²) in [5.41, 5.74) is 12.7. The number of rotatable bonds is 5. The van der Waals surface area contributed by atoms with Crippen LogP contribution in [0, 0.1) is 0 Å². The van der Waals surface area contributed by atoms with Crippen molar-refractivity contribution >= 4 is 11.6 Å². The maximum atomic E-state index is 5.29. The maximum Gasteiger partial charge on any atom is 0.191 e. The molecule has 0 aromatic heterocycles. The van der Waals surface area contributed by atoms with Crippen LogP contribution in [0.1, 0.15) is 31.7 Å². The van der Waals surface area contributed by atoms with E-state index in [0.29, 0.717) is 0 Å². The monoisotopic (exact) mass is 205 g/mol. The smallest absolute Gasteiger partial charge is 0.191 e. The van der Waals surface area contributed by atoms with Crippen LogP contribution < -0.4 is 11.5 Å². The summed E-state index contributed by atoms with van der Waals surface area (Å²) in [6, 6.07) is 8.05. The molecular formula is C12H19N3. The number of guanidine groups is 1. The van der Waals surface area contributed by atoms with Gasteiger partial charge in [0, 0.05) is 0 Å². The molecule has 15 heavy (non-hydrogen) atoms. The predicted molar refractivity (Wildman–Crippen MR) is 65.1 cm³/mol. The second-order valence-electron chi connectivity index (χ2n) is 3.66. The summed E-state index contributed by atoms with van der Waals surface area (Å²) in [7, 11) is 0. The van der Waals surface area contributed by atoms with Gasteiger partial charge in [0.1, 0.15) is 0 Å². The van der Waals surface area contributed by atoms with Gasteiger partial charge >= 0.3 is 0 Å². The molecule has 3 nitrogen and oxygen atoms in total. The minimum atomic E-state index is 0.105. The van der Waals surface area contributed by atoms with Crippen LogP contribution in [0.2, 0.25) is 0 Å². The fraction of sp³-hybridized carbons (Fsp3) is 0.417. The van der Waals surface area contributed by atoms with Gasteiger partial charge in [0.2, 0.25) is 0 Å². The van der Waals surface area contributed by atoms with E-state index in [4.69, 9.17) is 11.5 Å². The molecule has 0 unspecified atom stereocenters. The highest BCUT2D eigenvalue weighted by atomic mass is 15.0. The second-order valence-corrected chi connectivity index (χ2v) is 3.66. The Bertz CT molecular complexity index is 310. The highest BCUT2D eigenvalue weighted by molar-refractivity contribution is 5.78. The SMILES string of the molecule is CCCCCc1ccc(N=C(N)N)cc1. The van der Waals surface area contributed by atoms with Crippen LogP contribution in [0.5, 0.6) is 0 Å². The van der Waals surface area contributed by atoms with Crippen molar-refractivity contribution in [2.75, 3.05) is 0 Å². The van der Waals surface area contributed by atoms with Gasteiger partial charge in [-0.3, -0.25) is 0 Å². The van der Waals surface area contributed by atoms with E-state index < -0.39 is 0 Å². The number of unbranched alkanes of at least 4 members (excludes halogenated alkanes) is 2. The van der Waals surface area contributed by atoms with Crippen LogP contribution in [0.25, 0.3) is 0 Å². The molecule has 0 aliphatic heterocycles. The van der Waals surface area contributed by atoms with Gasteiger partial charge in [-0.25, -0.2) is 4.99 Å². The first-order chi connectivity index (χ1) is 7.22. The Kier molecular flexibility index (Phi) is 4.68. The molecule has 0 atom stereocenters. The highest BCUT2D eigenvalue weighted by Crippen LogP contribution is 2.14.